The molecule has 0 fully saturated rings. The third-order valence-electron chi connectivity index (χ3n) is 7.48. The lowest BCUT2D eigenvalue weighted by molar-refractivity contribution is 0.862. The van der Waals surface area contributed by atoms with Gasteiger partial charge in [-0.2, -0.15) is 0 Å². The van der Waals surface area contributed by atoms with E-state index in [1.807, 2.05) is 6.08 Å². The first-order chi connectivity index (χ1) is 17.2. The Morgan fingerprint density at radius 2 is 1.26 bits per heavy atom. The Bertz CT molecular complexity index is 1740. The van der Waals surface area contributed by atoms with Gasteiger partial charge in [-0.05, 0) is 67.3 Å². The van der Waals surface area contributed by atoms with E-state index in [0.29, 0.717) is 0 Å². The van der Waals surface area contributed by atoms with Crippen molar-refractivity contribution in [3.63, 3.8) is 0 Å². The number of fused-ring (bicyclic) bond motifs is 7. The maximum Gasteiger partial charge on any atom is 0.0597 e. The van der Waals surface area contributed by atoms with Crippen LogP contribution < -0.4 is 0 Å². The van der Waals surface area contributed by atoms with Crippen molar-refractivity contribution in [2.24, 2.45) is 0 Å². The normalized spacial score (nSPS) is 12.6. The van der Waals surface area contributed by atoms with Gasteiger partial charge in [-0.25, -0.2) is 0 Å². The second-order valence-electron chi connectivity index (χ2n) is 9.49. The molecule has 0 N–H and O–H groups in total. The van der Waals surface area contributed by atoms with Gasteiger partial charge in [0.2, 0.25) is 0 Å². The van der Waals surface area contributed by atoms with Crippen LogP contribution in [0.3, 0.4) is 0 Å². The molecule has 4 aromatic carbocycles. The van der Waals surface area contributed by atoms with Gasteiger partial charge in [0.25, 0.3) is 0 Å². The fraction of sp³-hybridized carbons (Fsp3) is 0.0909. The molecule has 35 heavy (non-hydrogen) atoms. The summed E-state index contributed by atoms with van der Waals surface area (Å²) >= 11 is 0. The van der Waals surface area contributed by atoms with Crippen LogP contribution in [0.5, 0.6) is 0 Å². The highest BCUT2D eigenvalue weighted by Crippen LogP contribution is 2.47. The molecule has 1 aliphatic rings. The van der Waals surface area contributed by atoms with Gasteiger partial charge in [-0.3, -0.25) is 0 Å². The number of hydrogen-bond donors (Lipinski definition) is 0. The predicted molar refractivity (Wildman–Crippen MR) is 148 cm³/mol. The highest BCUT2D eigenvalue weighted by molar-refractivity contribution is 6.05. The molecular weight excluding hydrogens is 424 g/mol. The zero-order chi connectivity index (χ0) is 23.5. The van der Waals surface area contributed by atoms with Crippen molar-refractivity contribution < 1.29 is 0 Å². The van der Waals surface area contributed by atoms with Gasteiger partial charge in [-0.1, -0.05) is 78.9 Å². The predicted octanol–water partition coefficient (Wildman–Crippen LogP) is 8.29. The van der Waals surface area contributed by atoms with E-state index in [4.69, 9.17) is 0 Å². The fourth-order valence-corrected chi connectivity index (χ4v) is 5.88. The van der Waals surface area contributed by atoms with E-state index in [0.717, 1.165) is 18.4 Å². The number of para-hydroxylation sites is 2. The molecule has 0 atom stereocenters. The minimum absolute atomic E-state index is 1.02. The summed E-state index contributed by atoms with van der Waals surface area (Å²) in [4.78, 5) is 0. The molecular formula is C33H26N2. The van der Waals surface area contributed by atoms with Gasteiger partial charge in [0.05, 0.1) is 16.7 Å². The Hall–Kier alpha value is -4.30. The monoisotopic (exact) mass is 450 g/mol. The maximum absolute atomic E-state index is 3.93. The summed E-state index contributed by atoms with van der Waals surface area (Å²) in [5, 5.41) is 2.67. The number of nitrogens with zero attached hydrogens (tertiary/aromatic N) is 2. The minimum atomic E-state index is 1.02. The van der Waals surface area contributed by atoms with E-state index in [2.05, 4.69) is 120 Å². The van der Waals surface area contributed by atoms with E-state index in [1.165, 1.54) is 61.3 Å². The number of aryl methyl sites for hydroxylation is 2. The summed E-state index contributed by atoms with van der Waals surface area (Å²) in [6.07, 6.45) is 3.96. The number of benzene rings is 4. The number of aromatic nitrogens is 2. The van der Waals surface area contributed by atoms with Crippen molar-refractivity contribution in [1.29, 1.82) is 0 Å². The molecule has 0 aliphatic heterocycles. The van der Waals surface area contributed by atoms with Gasteiger partial charge in [0.1, 0.15) is 0 Å². The summed E-state index contributed by atoms with van der Waals surface area (Å²) in [5.74, 6) is 0. The summed E-state index contributed by atoms with van der Waals surface area (Å²) in [6, 6.07) is 35.4. The van der Waals surface area contributed by atoms with E-state index < -0.39 is 0 Å². The van der Waals surface area contributed by atoms with Crippen LogP contribution in [0, 0.1) is 6.92 Å². The molecule has 0 radical (unpaired) electrons. The lowest BCUT2D eigenvalue weighted by atomic mass is 9.91. The summed E-state index contributed by atoms with van der Waals surface area (Å²) in [7, 11) is 0. The van der Waals surface area contributed by atoms with Gasteiger partial charge >= 0.3 is 0 Å². The van der Waals surface area contributed by atoms with E-state index >= 15 is 0 Å². The van der Waals surface area contributed by atoms with Crippen molar-refractivity contribution in [3.05, 3.63) is 126 Å². The lowest BCUT2D eigenvalue weighted by Crippen LogP contribution is -2.09. The average molecular weight is 451 g/mol. The molecule has 2 nitrogen and oxygen atoms in total. The molecule has 2 heteroatoms. The smallest absolute Gasteiger partial charge is 0.0597 e. The van der Waals surface area contributed by atoms with Gasteiger partial charge in [0.15, 0.2) is 0 Å². The van der Waals surface area contributed by atoms with Crippen molar-refractivity contribution in [2.75, 3.05) is 0 Å². The summed E-state index contributed by atoms with van der Waals surface area (Å²) < 4.78 is 4.96. The highest BCUT2D eigenvalue weighted by atomic mass is 15.0. The molecule has 7 rings (SSSR count). The van der Waals surface area contributed by atoms with Crippen LogP contribution in [-0.2, 0) is 12.8 Å². The first kappa shape index (κ1) is 20.1. The molecule has 168 valence electrons. The van der Waals surface area contributed by atoms with Crippen LogP contribution in [0.2, 0.25) is 0 Å². The zero-order valence-corrected chi connectivity index (χ0v) is 19.8. The van der Waals surface area contributed by atoms with E-state index in [9.17, 15) is 0 Å². The third-order valence-corrected chi connectivity index (χ3v) is 7.48. The van der Waals surface area contributed by atoms with E-state index in [-0.39, 0.29) is 0 Å². The zero-order valence-electron chi connectivity index (χ0n) is 19.8. The Kier molecular flexibility index (Phi) is 4.37. The van der Waals surface area contributed by atoms with Crippen molar-refractivity contribution in [2.45, 2.75) is 19.8 Å². The van der Waals surface area contributed by atoms with Crippen molar-refractivity contribution >= 4 is 27.9 Å². The largest absolute Gasteiger partial charge is 0.313 e. The summed E-state index contributed by atoms with van der Waals surface area (Å²) in [6.45, 7) is 6.08. The van der Waals surface area contributed by atoms with Crippen molar-refractivity contribution in [1.82, 2.24) is 9.13 Å². The fourth-order valence-electron chi connectivity index (χ4n) is 5.88. The Morgan fingerprint density at radius 1 is 0.657 bits per heavy atom. The Morgan fingerprint density at radius 3 is 1.97 bits per heavy atom. The summed E-state index contributed by atoms with van der Waals surface area (Å²) in [5.41, 5.74) is 12.9. The molecule has 2 aromatic heterocycles. The number of hydrogen-bond acceptors (Lipinski definition) is 0. The minimum Gasteiger partial charge on any atom is -0.313 e. The third kappa shape index (κ3) is 2.90. The first-order valence-corrected chi connectivity index (χ1v) is 12.3. The molecule has 0 bridgehead atoms. The number of rotatable bonds is 3. The van der Waals surface area contributed by atoms with Crippen LogP contribution >= 0.6 is 0 Å². The molecule has 0 spiro atoms. The van der Waals surface area contributed by atoms with Gasteiger partial charge in [0, 0.05) is 33.4 Å². The van der Waals surface area contributed by atoms with Crippen LogP contribution in [0.15, 0.2) is 104 Å². The molecule has 1 aliphatic carbocycles. The Balaban J connectivity index is 1.61. The second kappa shape index (κ2) is 7.61. The molecule has 0 amide bonds. The van der Waals surface area contributed by atoms with Crippen LogP contribution in [-0.4, -0.2) is 9.13 Å². The van der Waals surface area contributed by atoms with Crippen LogP contribution in [0.4, 0.5) is 0 Å². The first-order valence-electron chi connectivity index (χ1n) is 12.3. The topological polar surface area (TPSA) is 9.86 Å². The van der Waals surface area contributed by atoms with Gasteiger partial charge in [-0.15, -0.1) is 0 Å². The SMILES string of the molecule is C=Cc1ccc(-n2c3c(c4ccccc42)CCc2c-3c3ccccc3n2-c2ccc(C)cc2)cc1. The standard InChI is InChI=1S/C33H26N2/c1-3-23-14-18-25(19-15-23)35-29-10-6-4-8-26(29)27-20-21-31-32(33(27)35)28-9-5-7-11-30(28)34(31)24-16-12-22(2)13-17-24/h3-19H,1,20-21H2,2H3. The van der Waals surface area contributed by atoms with Crippen molar-refractivity contribution in [3.8, 4) is 22.6 Å². The molecule has 0 unspecified atom stereocenters. The maximum atomic E-state index is 3.93. The molecule has 0 saturated heterocycles. The van der Waals surface area contributed by atoms with Crippen LogP contribution in [0.1, 0.15) is 22.4 Å². The molecule has 2 heterocycles. The van der Waals surface area contributed by atoms with Gasteiger partial charge < -0.3 is 9.13 Å². The highest BCUT2D eigenvalue weighted by Gasteiger charge is 2.30. The molecule has 0 saturated carbocycles. The van der Waals surface area contributed by atoms with Crippen LogP contribution in [0.25, 0.3) is 50.5 Å². The second-order valence-corrected chi connectivity index (χ2v) is 9.49. The Labute approximate surface area is 205 Å². The van der Waals surface area contributed by atoms with E-state index in [1.54, 1.807) is 0 Å². The quantitative estimate of drug-likeness (QED) is 0.257. The average Bonchev–Trinajstić information content (AvgIpc) is 3.42. The molecule has 6 aromatic rings. The lowest BCUT2D eigenvalue weighted by Gasteiger charge is -2.20.